The van der Waals surface area contributed by atoms with Gasteiger partial charge in [0.1, 0.15) is 0 Å². The molecule has 0 N–H and O–H groups in total. The van der Waals surface area contributed by atoms with Crippen LogP contribution < -0.4 is 0 Å². The van der Waals surface area contributed by atoms with Crippen LogP contribution in [-0.4, -0.2) is 0 Å². The zero-order chi connectivity index (χ0) is 65.8. The van der Waals surface area contributed by atoms with E-state index in [-0.39, 0.29) is 0 Å². The molecule has 0 aromatic rings. The maximum atomic E-state index is 2.00. The van der Waals surface area contributed by atoms with Crippen molar-refractivity contribution >= 4 is 0 Å². The van der Waals surface area contributed by atoms with Gasteiger partial charge in [-0.1, -0.05) is 471 Å². The maximum Gasteiger partial charge on any atom is -0.0352 e. The molecule has 13 aliphatic carbocycles. The minimum absolute atomic E-state index is 1.16. The van der Waals surface area contributed by atoms with E-state index in [1.165, 1.54) is 324 Å². The second-order valence-corrected chi connectivity index (χ2v) is 26.6. The van der Waals surface area contributed by atoms with E-state index in [2.05, 4.69) is 0 Å². The van der Waals surface area contributed by atoms with Gasteiger partial charge in [-0.25, -0.2) is 0 Å². The number of fused-ring (bicyclic) bond motifs is 7. The van der Waals surface area contributed by atoms with E-state index < -0.39 is 0 Å². The van der Waals surface area contributed by atoms with Gasteiger partial charge < -0.3 is 0 Å². The maximum absolute atomic E-state index is 2.00. The summed E-state index contributed by atoms with van der Waals surface area (Å²) in [4.78, 5) is 0. The Morgan fingerprint density at radius 2 is 0.264 bits per heavy atom. The minimum atomic E-state index is 1.16. The number of hydrogen-bond donors (Lipinski definition) is 0. The predicted octanol–water partition coefficient (Wildman–Crippen LogP) is 34.0. The van der Waals surface area contributed by atoms with E-state index in [4.69, 9.17) is 0 Å². The highest BCUT2D eigenvalue weighted by Crippen LogP contribution is 2.58. The molecule has 0 amide bonds. The molecule has 0 aromatic carbocycles. The SMILES string of the molecule is C1CC1.C1CC2CCC1C2.C1CCC1.C1CCC2C(C1)CCC1C3CCCC3CCC21.C1CCCC1.C1CCCCC1.C1CCCCCC1.C1CCCCCCC1.C1CCCCCCCCCCC1.CC.CC.CC.CC.CC.CC.CC.CC.CC. The van der Waals surface area contributed by atoms with E-state index in [0.29, 0.717) is 0 Å². The van der Waals surface area contributed by atoms with Crippen molar-refractivity contribution in [3.05, 3.63) is 0 Å². The monoisotopic (exact) mass is 1230 g/mol. The first-order valence-electron chi connectivity index (χ1n) is 43.4. The van der Waals surface area contributed by atoms with Crippen LogP contribution in [0.3, 0.4) is 0 Å². The third kappa shape index (κ3) is 60.7. The molecular weight excluding hydrogens is 1040 g/mol. The first-order valence-corrected chi connectivity index (χ1v) is 43.4. The Morgan fingerprint density at radius 3 is 0.425 bits per heavy atom. The molecular formula is C87H184. The van der Waals surface area contributed by atoms with Gasteiger partial charge in [0.2, 0.25) is 0 Å². The molecule has 13 fully saturated rings. The summed E-state index contributed by atoms with van der Waals surface area (Å²) in [7, 11) is 0. The second kappa shape index (κ2) is 86.0. The van der Waals surface area contributed by atoms with Crippen LogP contribution in [0.1, 0.15) is 516 Å². The van der Waals surface area contributed by atoms with Crippen molar-refractivity contribution < 1.29 is 0 Å². The summed E-state index contributed by atoms with van der Waals surface area (Å²) in [6.07, 6.45) is 92.8. The third-order valence-electron chi connectivity index (χ3n) is 20.6. The Bertz CT molecular complexity index is 945. The predicted molar refractivity (Wildman–Crippen MR) is 412 cm³/mol. The number of rotatable bonds is 0. The minimum Gasteiger partial charge on any atom is -0.0683 e. The van der Waals surface area contributed by atoms with Crippen LogP contribution in [0.4, 0.5) is 0 Å². The van der Waals surface area contributed by atoms with Crippen LogP contribution in [0.2, 0.25) is 0 Å². The normalized spacial score (nSPS) is 27.4. The summed E-state index contributed by atoms with van der Waals surface area (Å²) in [5, 5.41) is 0. The summed E-state index contributed by atoms with van der Waals surface area (Å²) in [5.74, 6) is 9.36. The molecule has 0 heteroatoms. The summed E-state index contributed by atoms with van der Waals surface area (Å²) >= 11 is 0. The van der Waals surface area contributed by atoms with Crippen LogP contribution in [0.15, 0.2) is 0 Å². The molecule has 0 aromatic heterocycles. The summed E-state index contributed by atoms with van der Waals surface area (Å²) in [6, 6.07) is 0. The lowest BCUT2D eigenvalue weighted by atomic mass is 9.54. The smallest absolute Gasteiger partial charge is 0.0352 e. The molecule has 2 bridgehead atoms. The molecule has 0 spiro atoms. The van der Waals surface area contributed by atoms with Crippen molar-refractivity contribution in [2.24, 2.45) is 47.3 Å². The Morgan fingerprint density at radius 1 is 0.115 bits per heavy atom. The van der Waals surface area contributed by atoms with Gasteiger partial charge in [-0.15, -0.1) is 0 Å². The lowest BCUT2D eigenvalue weighted by Crippen LogP contribution is -2.43. The molecule has 0 saturated heterocycles. The Hall–Kier alpha value is 0. The lowest BCUT2D eigenvalue weighted by Gasteiger charge is -2.51. The van der Waals surface area contributed by atoms with Gasteiger partial charge in [0.15, 0.2) is 0 Å². The molecule has 0 nitrogen and oxygen atoms in total. The topological polar surface area (TPSA) is 0 Å². The van der Waals surface area contributed by atoms with Crippen molar-refractivity contribution in [2.45, 2.75) is 516 Å². The molecule has 13 aliphatic rings. The van der Waals surface area contributed by atoms with E-state index in [0.717, 1.165) is 11.8 Å². The summed E-state index contributed by atoms with van der Waals surface area (Å²) < 4.78 is 0. The molecule has 6 atom stereocenters. The van der Waals surface area contributed by atoms with E-state index in [1.54, 1.807) is 103 Å². The van der Waals surface area contributed by atoms with Crippen LogP contribution in [0.5, 0.6) is 0 Å². The van der Waals surface area contributed by atoms with E-state index in [9.17, 15) is 0 Å². The highest BCUT2D eigenvalue weighted by atomic mass is 14.5. The number of hydrogen-bond acceptors (Lipinski definition) is 0. The molecule has 13 saturated carbocycles. The Labute approximate surface area is 560 Å². The fourth-order valence-corrected chi connectivity index (χ4v) is 15.6. The third-order valence-corrected chi connectivity index (χ3v) is 20.6. The van der Waals surface area contributed by atoms with Crippen molar-refractivity contribution in [3.63, 3.8) is 0 Å². The molecule has 13 rings (SSSR count). The van der Waals surface area contributed by atoms with Crippen molar-refractivity contribution in [2.75, 3.05) is 0 Å². The highest BCUT2D eigenvalue weighted by Gasteiger charge is 2.48. The average molecular weight is 1230 g/mol. The first-order chi connectivity index (χ1) is 43.4. The van der Waals surface area contributed by atoms with Gasteiger partial charge in [-0.2, -0.15) is 0 Å². The van der Waals surface area contributed by atoms with E-state index in [1.807, 2.05) is 125 Å². The van der Waals surface area contributed by atoms with Gasteiger partial charge in [-0.05, 0) is 92.3 Å². The van der Waals surface area contributed by atoms with Gasteiger partial charge >= 0.3 is 0 Å². The molecule has 0 aliphatic heterocycles. The van der Waals surface area contributed by atoms with Gasteiger partial charge in [0.05, 0.1) is 0 Å². The second-order valence-electron chi connectivity index (χ2n) is 26.6. The molecule has 0 heterocycles. The van der Waals surface area contributed by atoms with Crippen molar-refractivity contribution in [3.8, 4) is 0 Å². The van der Waals surface area contributed by atoms with Gasteiger partial charge in [0, 0.05) is 0 Å². The van der Waals surface area contributed by atoms with Crippen LogP contribution >= 0.6 is 0 Å². The van der Waals surface area contributed by atoms with Crippen LogP contribution in [0.25, 0.3) is 0 Å². The fraction of sp³-hybridized carbons (Fsp3) is 1.00. The standard InChI is InChI=1S/C17H28.C12H24.C8H16.C7H12.C7H14.C6H12.C5H10.C4H8.C3H6.9C2H6/c1-2-6-14-12(4-1)8-10-17-15-7-3-5-13(15)9-11-16(14)17;1-2-4-6-8-10-12-11-9-7-5-3-1;1-2-4-6-8-7-5-3-1;1-2-7-4-3-6(1)5-7;1-2-4-6-7-5-3-1;1-2-4-6-5-3-1;1-2-4-5-3-1;1-2-4-3-1;1-2-3-1;9*1-2/h12-17H,1-11H2;1-12H2;1-8H2;6-7H,1-5H2;1-7H2;1-6H2;1-5H2;1-4H2;1-3H2;9*1-2H3. The zero-order valence-electron chi connectivity index (χ0n) is 65.8. The molecule has 532 valence electrons. The Balaban J connectivity index is -0.000000290. The van der Waals surface area contributed by atoms with E-state index >= 15 is 0 Å². The zero-order valence-corrected chi connectivity index (χ0v) is 65.8. The quantitative estimate of drug-likeness (QED) is 0.212. The summed E-state index contributed by atoms with van der Waals surface area (Å²) in [6.45, 7) is 36.0. The lowest BCUT2D eigenvalue weighted by molar-refractivity contribution is -0.0184. The van der Waals surface area contributed by atoms with Crippen molar-refractivity contribution in [1.29, 1.82) is 0 Å². The first kappa shape index (κ1) is 95.7. The highest BCUT2D eigenvalue weighted by molar-refractivity contribution is 4.98. The van der Waals surface area contributed by atoms with Crippen molar-refractivity contribution in [1.82, 2.24) is 0 Å². The summed E-state index contributed by atoms with van der Waals surface area (Å²) in [5.41, 5.74) is 0. The fourth-order valence-electron chi connectivity index (χ4n) is 15.6. The molecule has 6 unspecified atom stereocenters. The largest absolute Gasteiger partial charge is 0.0683 e. The van der Waals surface area contributed by atoms with Gasteiger partial charge in [-0.3, -0.25) is 0 Å². The van der Waals surface area contributed by atoms with Crippen LogP contribution in [-0.2, 0) is 0 Å². The molecule has 0 radical (unpaired) electrons. The van der Waals surface area contributed by atoms with Gasteiger partial charge in [0.25, 0.3) is 0 Å². The van der Waals surface area contributed by atoms with Crippen LogP contribution in [0, 0.1) is 47.3 Å². The Kier molecular flexibility index (Phi) is 94.6. The average Bonchev–Trinajstić information content (AvgIpc) is 1.96. The molecule has 87 heavy (non-hydrogen) atoms.